The number of carbonyl (C=O) groups excluding carboxylic acids is 1. The van der Waals surface area contributed by atoms with Crippen LogP contribution >= 0.6 is 0 Å². The van der Waals surface area contributed by atoms with Crippen molar-refractivity contribution in [1.82, 2.24) is 4.98 Å². The fourth-order valence-electron chi connectivity index (χ4n) is 1.54. The fraction of sp³-hybridized carbons (Fsp3) is 0. The van der Waals surface area contributed by atoms with Crippen LogP contribution in [-0.4, -0.2) is 19.3 Å². The van der Waals surface area contributed by atoms with Crippen molar-refractivity contribution in [3.8, 4) is 0 Å². The molecule has 0 aliphatic rings. The number of aromatic nitrogens is 1. The first kappa shape index (κ1) is 14.1. The number of nitrogens with one attached hydrogen (secondary N) is 1. The Morgan fingerprint density at radius 3 is 2.50 bits per heavy atom. The number of hydrogen-bond acceptors (Lipinski definition) is 4. The predicted molar refractivity (Wildman–Crippen MR) is 70.0 cm³/mol. The molecule has 2 rings (SSSR count). The van der Waals surface area contributed by atoms with Gasteiger partial charge in [0.15, 0.2) is 0 Å². The largest absolute Gasteiger partial charge is 0.319 e. The van der Waals surface area contributed by atoms with Gasteiger partial charge in [-0.1, -0.05) is 18.2 Å². The lowest BCUT2D eigenvalue weighted by molar-refractivity contribution is 0.102. The lowest BCUT2D eigenvalue weighted by atomic mass is 10.3. The van der Waals surface area contributed by atoms with Crippen LogP contribution in [0.15, 0.2) is 47.4 Å². The van der Waals surface area contributed by atoms with E-state index in [1.165, 1.54) is 36.4 Å². The highest BCUT2D eigenvalue weighted by atomic mass is 32.2. The third-order valence-electron chi connectivity index (χ3n) is 2.39. The standard InChI is InChI=1S/C12H10FN3O3S/c13-11-7-3-5-9(15-11)12(17)16-8-4-1-2-6-10(8)20(14,18)19/h1-7H,(H,16,17)(H2,14,18,19). The maximum atomic E-state index is 12.9. The number of para-hydroxylation sites is 1. The van der Waals surface area contributed by atoms with Crippen LogP contribution in [0.2, 0.25) is 0 Å². The van der Waals surface area contributed by atoms with E-state index in [1.807, 2.05) is 0 Å². The molecule has 0 radical (unpaired) electrons. The molecule has 0 spiro atoms. The highest BCUT2D eigenvalue weighted by Crippen LogP contribution is 2.19. The lowest BCUT2D eigenvalue weighted by Crippen LogP contribution is -2.19. The molecule has 1 amide bonds. The van der Waals surface area contributed by atoms with Crippen molar-refractivity contribution in [2.45, 2.75) is 4.90 Å². The Balaban J connectivity index is 2.34. The van der Waals surface area contributed by atoms with Gasteiger partial charge >= 0.3 is 0 Å². The molecule has 0 saturated carbocycles. The van der Waals surface area contributed by atoms with Crippen molar-refractivity contribution in [3.63, 3.8) is 0 Å². The highest BCUT2D eigenvalue weighted by molar-refractivity contribution is 7.89. The number of sulfonamides is 1. The topological polar surface area (TPSA) is 102 Å². The average Bonchev–Trinajstić information content (AvgIpc) is 2.38. The normalized spacial score (nSPS) is 11.1. The van der Waals surface area contributed by atoms with Crippen LogP contribution in [0, 0.1) is 5.95 Å². The van der Waals surface area contributed by atoms with Crippen LogP contribution < -0.4 is 10.5 Å². The van der Waals surface area contributed by atoms with Crippen LogP contribution in [-0.2, 0) is 10.0 Å². The molecule has 0 aliphatic heterocycles. The number of nitrogens with zero attached hydrogens (tertiary/aromatic N) is 1. The zero-order chi connectivity index (χ0) is 14.8. The Morgan fingerprint density at radius 1 is 1.15 bits per heavy atom. The number of halogens is 1. The van der Waals surface area contributed by atoms with Crippen molar-refractivity contribution in [2.24, 2.45) is 5.14 Å². The molecule has 1 heterocycles. The van der Waals surface area contributed by atoms with Gasteiger partial charge in [0.1, 0.15) is 10.6 Å². The molecule has 0 saturated heterocycles. The molecule has 6 nitrogen and oxygen atoms in total. The van der Waals surface area contributed by atoms with E-state index in [-0.39, 0.29) is 16.3 Å². The van der Waals surface area contributed by atoms with Gasteiger partial charge in [-0.25, -0.2) is 18.5 Å². The van der Waals surface area contributed by atoms with E-state index >= 15 is 0 Å². The highest BCUT2D eigenvalue weighted by Gasteiger charge is 2.16. The summed E-state index contributed by atoms with van der Waals surface area (Å²) < 4.78 is 35.7. The molecule has 20 heavy (non-hydrogen) atoms. The minimum absolute atomic E-state index is 0.00561. The quantitative estimate of drug-likeness (QED) is 0.828. The Bertz CT molecular complexity index is 762. The summed E-state index contributed by atoms with van der Waals surface area (Å²) in [5.41, 5.74) is -0.166. The predicted octanol–water partition coefficient (Wildman–Crippen LogP) is 1.12. The molecule has 0 unspecified atom stereocenters. The minimum Gasteiger partial charge on any atom is -0.319 e. The zero-order valence-electron chi connectivity index (χ0n) is 10.1. The molecule has 1 aromatic heterocycles. The maximum Gasteiger partial charge on any atom is 0.274 e. The number of anilines is 1. The first-order valence-electron chi connectivity index (χ1n) is 5.43. The maximum absolute atomic E-state index is 12.9. The minimum atomic E-state index is -3.98. The summed E-state index contributed by atoms with van der Waals surface area (Å²) in [5.74, 6) is -1.54. The van der Waals surface area contributed by atoms with Crippen molar-refractivity contribution >= 4 is 21.6 Å². The SMILES string of the molecule is NS(=O)(=O)c1ccccc1NC(=O)c1cccc(F)n1. The van der Waals surface area contributed by atoms with Crippen molar-refractivity contribution in [3.05, 3.63) is 54.1 Å². The van der Waals surface area contributed by atoms with Gasteiger partial charge < -0.3 is 5.32 Å². The number of rotatable bonds is 3. The van der Waals surface area contributed by atoms with Crippen LogP contribution in [0.3, 0.4) is 0 Å². The van der Waals surface area contributed by atoms with E-state index in [9.17, 15) is 17.6 Å². The third-order valence-corrected chi connectivity index (χ3v) is 3.36. The van der Waals surface area contributed by atoms with E-state index in [4.69, 9.17) is 5.14 Å². The number of pyridine rings is 1. The number of primary sulfonamides is 1. The Kier molecular flexibility index (Phi) is 3.77. The number of hydrogen-bond donors (Lipinski definition) is 2. The summed E-state index contributed by atoms with van der Waals surface area (Å²) in [4.78, 5) is 15.0. The van der Waals surface area contributed by atoms with Crippen LogP contribution in [0.4, 0.5) is 10.1 Å². The van der Waals surface area contributed by atoms with Crippen molar-refractivity contribution < 1.29 is 17.6 Å². The monoisotopic (exact) mass is 295 g/mol. The van der Waals surface area contributed by atoms with E-state index < -0.39 is 21.9 Å². The van der Waals surface area contributed by atoms with Crippen molar-refractivity contribution in [2.75, 3.05) is 5.32 Å². The Labute approximate surface area is 114 Å². The molecule has 8 heteroatoms. The molecule has 0 aliphatic carbocycles. The first-order valence-corrected chi connectivity index (χ1v) is 6.98. The molecule has 2 aromatic rings. The molecule has 3 N–H and O–H groups in total. The smallest absolute Gasteiger partial charge is 0.274 e. The Morgan fingerprint density at radius 2 is 1.85 bits per heavy atom. The summed E-state index contributed by atoms with van der Waals surface area (Å²) >= 11 is 0. The van der Waals surface area contributed by atoms with Gasteiger partial charge in [0.05, 0.1) is 5.69 Å². The summed E-state index contributed by atoms with van der Waals surface area (Å²) in [6.45, 7) is 0. The molecule has 0 fully saturated rings. The van der Waals surface area contributed by atoms with E-state index in [0.717, 1.165) is 6.07 Å². The second kappa shape index (κ2) is 5.35. The number of amides is 1. The molecular formula is C12H10FN3O3S. The van der Waals surface area contributed by atoms with Gasteiger partial charge in [-0.05, 0) is 24.3 Å². The molecule has 0 bridgehead atoms. The summed E-state index contributed by atoms with van der Waals surface area (Å²) in [6, 6.07) is 9.34. The van der Waals surface area contributed by atoms with Crippen molar-refractivity contribution in [1.29, 1.82) is 0 Å². The average molecular weight is 295 g/mol. The lowest BCUT2D eigenvalue weighted by Gasteiger charge is -2.08. The second-order valence-corrected chi connectivity index (χ2v) is 5.37. The van der Waals surface area contributed by atoms with Gasteiger partial charge in [0, 0.05) is 0 Å². The fourth-order valence-corrected chi connectivity index (χ4v) is 2.23. The van der Waals surface area contributed by atoms with E-state index in [2.05, 4.69) is 10.3 Å². The number of carbonyl (C=O) groups is 1. The van der Waals surface area contributed by atoms with E-state index in [0.29, 0.717) is 0 Å². The molecule has 104 valence electrons. The second-order valence-electron chi connectivity index (χ2n) is 3.84. The summed E-state index contributed by atoms with van der Waals surface area (Å²) in [5, 5.41) is 7.37. The summed E-state index contributed by atoms with van der Waals surface area (Å²) in [6.07, 6.45) is 0. The van der Waals surface area contributed by atoms with Crippen LogP contribution in [0.5, 0.6) is 0 Å². The van der Waals surface area contributed by atoms with Gasteiger partial charge in [-0.2, -0.15) is 4.39 Å². The molecule has 0 atom stereocenters. The van der Waals surface area contributed by atoms with Gasteiger partial charge in [0.25, 0.3) is 5.91 Å². The van der Waals surface area contributed by atoms with Crippen LogP contribution in [0.1, 0.15) is 10.5 Å². The first-order chi connectivity index (χ1) is 9.38. The van der Waals surface area contributed by atoms with Gasteiger partial charge in [-0.15, -0.1) is 0 Å². The van der Waals surface area contributed by atoms with E-state index in [1.54, 1.807) is 0 Å². The van der Waals surface area contributed by atoms with Gasteiger partial charge in [-0.3, -0.25) is 4.79 Å². The molecule has 1 aromatic carbocycles. The summed E-state index contributed by atoms with van der Waals surface area (Å²) in [7, 11) is -3.98. The third kappa shape index (κ3) is 3.16. The zero-order valence-corrected chi connectivity index (χ0v) is 10.9. The number of nitrogens with two attached hydrogens (primary N) is 1. The number of benzene rings is 1. The molecular weight excluding hydrogens is 285 g/mol. The van der Waals surface area contributed by atoms with Gasteiger partial charge in [0.2, 0.25) is 16.0 Å². The Hall–Kier alpha value is -2.32. The van der Waals surface area contributed by atoms with Crippen LogP contribution in [0.25, 0.3) is 0 Å².